The number of carbonyl (C=O) groups excluding carboxylic acids is 1. The molecular weight excluding hydrogens is 255 g/mol. The van der Waals surface area contributed by atoms with Gasteiger partial charge in [-0.25, -0.2) is 4.39 Å². The average molecular weight is 268 g/mol. The number of anilines is 1. The molecule has 0 aliphatic rings. The zero-order chi connectivity index (χ0) is 14.7. The average Bonchev–Trinajstić information content (AvgIpc) is 2.38. The molecule has 100 valence electrons. The first-order valence-electron chi connectivity index (χ1n) is 6.10. The minimum absolute atomic E-state index is 0.0407. The van der Waals surface area contributed by atoms with E-state index in [1.54, 1.807) is 38.1 Å². The SMILES string of the molecule is Cc1ccc(C(=O)Nc2cccc(C)c2C#N)c(F)c1. The predicted octanol–water partition coefficient (Wildman–Crippen LogP) is 3.57. The van der Waals surface area contributed by atoms with Crippen LogP contribution in [0.2, 0.25) is 0 Å². The highest BCUT2D eigenvalue weighted by Crippen LogP contribution is 2.20. The molecule has 0 aliphatic carbocycles. The minimum atomic E-state index is -0.575. The van der Waals surface area contributed by atoms with Gasteiger partial charge in [0.1, 0.15) is 11.9 Å². The van der Waals surface area contributed by atoms with Crippen molar-refractivity contribution in [2.45, 2.75) is 13.8 Å². The lowest BCUT2D eigenvalue weighted by Crippen LogP contribution is -2.15. The van der Waals surface area contributed by atoms with E-state index >= 15 is 0 Å². The summed E-state index contributed by atoms with van der Waals surface area (Å²) in [7, 11) is 0. The molecular formula is C16H13FN2O. The molecule has 1 amide bonds. The van der Waals surface area contributed by atoms with Crippen molar-refractivity contribution in [3.05, 3.63) is 64.5 Å². The predicted molar refractivity (Wildman–Crippen MR) is 75.0 cm³/mol. The number of hydrogen-bond donors (Lipinski definition) is 1. The molecule has 0 unspecified atom stereocenters. The monoisotopic (exact) mass is 268 g/mol. The number of amides is 1. The smallest absolute Gasteiger partial charge is 0.258 e. The quantitative estimate of drug-likeness (QED) is 0.905. The van der Waals surface area contributed by atoms with E-state index in [1.807, 2.05) is 6.07 Å². The summed E-state index contributed by atoms with van der Waals surface area (Å²) in [5, 5.41) is 11.7. The highest BCUT2D eigenvalue weighted by Gasteiger charge is 2.14. The van der Waals surface area contributed by atoms with E-state index in [2.05, 4.69) is 5.32 Å². The molecule has 3 nitrogen and oxygen atoms in total. The number of nitriles is 1. The number of hydrogen-bond acceptors (Lipinski definition) is 2. The highest BCUT2D eigenvalue weighted by atomic mass is 19.1. The zero-order valence-electron chi connectivity index (χ0n) is 11.2. The number of nitrogens with one attached hydrogen (secondary N) is 1. The summed E-state index contributed by atoms with van der Waals surface area (Å²) in [6.45, 7) is 3.53. The summed E-state index contributed by atoms with van der Waals surface area (Å²) in [4.78, 5) is 12.1. The van der Waals surface area contributed by atoms with Crippen molar-refractivity contribution in [1.82, 2.24) is 0 Å². The first-order valence-corrected chi connectivity index (χ1v) is 6.10. The maximum Gasteiger partial charge on any atom is 0.258 e. The number of halogens is 1. The Hall–Kier alpha value is -2.67. The highest BCUT2D eigenvalue weighted by molar-refractivity contribution is 6.05. The van der Waals surface area contributed by atoms with Crippen LogP contribution in [-0.4, -0.2) is 5.91 Å². The van der Waals surface area contributed by atoms with Crippen LogP contribution in [0.25, 0.3) is 0 Å². The number of nitrogens with zero attached hydrogens (tertiary/aromatic N) is 1. The molecule has 0 atom stereocenters. The molecule has 0 fully saturated rings. The second-order valence-corrected chi connectivity index (χ2v) is 4.55. The van der Waals surface area contributed by atoms with Crippen molar-refractivity contribution in [3.63, 3.8) is 0 Å². The van der Waals surface area contributed by atoms with Crippen molar-refractivity contribution in [2.24, 2.45) is 0 Å². The van der Waals surface area contributed by atoms with E-state index in [9.17, 15) is 9.18 Å². The van der Waals surface area contributed by atoms with Gasteiger partial charge in [-0.05, 0) is 43.2 Å². The lowest BCUT2D eigenvalue weighted by Gasteiger charge is -2.09. The van der Waals surface area contributed by atoms with E-state index < -0.39 is 11.7 Å². The summed E-state index contributed by atoms with van der Waals surface area (Å²) in [6.07, 6.45) is 0. The van der Waals surface area contributed by atoms with Gasteiger partial charge in [0.25, 0.3) is 5.91 Å². The third kappa shape index (κ3) is 2.67. The van der Waals surface area contributed by atoms with Gasteiger partial charge in [-0.2, -0.15) is 5.26 Å². The Bertz CT molecular complexity index is 717. The maximum absolute atomic E-state index is 13.7. The number of carbonyl (C=O) groups is 1. The van der Waals surface area contributed by atoms with Crippen LogP contribution >= 0.6 is 0 Å². The summed E-state index contributed by atoms with van der Waals surface area (Å²) >= 11 is 0. The van der Waals surface area contributed by atoms with Crippen molar-refractivity contribution in [2.75, 3.05) is 5.32 Å². The van der Waals surface area contributed by atoms with Crippen LogP contribution in [0, 0.1) is 31.0 Å². The lowest BCUT2D eigenvalue weighted by atomic mass is 10.1. The van der Waals surface area contributed by atoms with Crippen LogP contribution in [0.4, 0.5) is 10.1 Å². The Balaban J connectivity index is 2.33. The van der Waals surface area contributed by atoms with Gasteiger partial charge in [-0.15, -0.1) is 0 Å². The molecule has 2 aromatic carbocycles. The van der Waals surface area contributed by atoms with E-state index in [0.717, 1.165) is 11.1 Å². The van der Waals surface area contributed by atoms with Crippen LogP contribution in [-0.2, 0) is 0 Å². The lowest BCUT2D eigenvalue weighted by molar-refractivity contribution is 0.102. The van der Waals surface area contributed by atoms with Crippen LogP contribution in [0.3, 0.4) is 0 Å². The Morgan fingerprint density at radius 1 is 1.25 bits per heavy atom. The van der Waals surface area contributed by atoms with Gasteiger partial charge in [0.05, 0.1) is 16.8 Å². The third-order valence-corrected chi connectivity index (χ3v) is 3.00. The molecule has 0 aliphatic heterocycles. The summed E-state index contributed by atoms with van der Waals surface area (Å²) in [5.41, 5.74) is 2.23. The Morgan fingerprint density at radius 2 is 2.00 bits per heavy atom. The molecule has 0 bridgehead atoms. The van der Waals surface area contributed by atoms with Gasteiger partial charge in [0.15, 0.2) is 0 Å². The van der Waals surface area contributed by atoms with Gasteiger partial charge in [0.2, 0.25) is 0 Å². The molecule has 0 heterocycles. The van der Waals surface area contributed by atoms with Gasteiger partial charge < -0.3 is 5.32 Å². The summed E-state index contributed by atoms with van der Waals surface area (Å²) in [6, 6.07) is 11.6. The first kappa shape index (κ1) is 13.8. The van der Waals surface area contributed by atoms with Crippen LogP contribution < -0.4 is 5.32 Å². The number of benzene rings is 2. The minimum Gasteiger partial charge on any atom is -0.321 e. The maximum atomic E-state index is 13.7. The topological polar surface area (TPSA) is 52.9 Å². The fourth-order valence-corrected chi connectivity index (χ4v) is 1.91. The van der Waals surface area contributed by atoms with Crippen LogP contribution in [0.15, 0.2) is 36.4 Å². The normalized spacial score (nSPS) is 9.90. The van der Waals surface area contributed by atoms with Crippen molar-refractivity contribution in [3.8, 4) is 6.07 Å². The fraction of sp³-hybridized carbons (Fsp3) is 0.125. The molecule has 1 N–H and O–H groups in total. The molecule has 0 radical (unpaired) electrons. The number of rotatable bonds is 2. The molecule has 0 aromatic heterocycles. The standard InChI is InChI=1S/C16H13FN2O/c1-10-6-7-12(14(17)8-10)16(20)19-15-5-3-4-11(2)13(15)9-18/h3-8H,1-2H3,(H,19,20). The Kier molecular flexibility index (Phi) is 3.81. The fourth-order valence-electron chi connectivity index (χ4n) is 1.91. The molecule has 2 aromatic rings. The first-order chi connectivity index (χ1) is 9.52. The van der Waals surface area contributed by atoms with Crippen molar-refractivity contribution < 1.29 is 9.18 Å². The van der Waals surface area contributed by atoms with Gasteiger partial charge >= 0.3 is 0 Å². The van der Waals surface area contributed by atoms with Gasteiger partial charge in [-0.1, -0.05) is 18.2 Å². The van der Waals surface area contributed by atoms with Crippen molar-refractivity contribution in [1.29, 1.82) is 5.26 Å². The van der Waals surface area contributed by atoms with E-state index in [-0.39, 0.29) is 5.56 Å². The Morgan fingerprint density at radius 3 is 2.65 bits per heavy atom. The molecule has 4 heteroatoms. The molecule has 2 rings (SSSR count). The zero-order valence-corrected chi connectivity index (χ0v) is 11.2. The molecule has 20 heavy (non-hydrogen) atoms. The summed E-state index contributed by atoms with van der Waals surface area (Å²) < 4.78 is 13.7. The van der Waals surface area contributed by atoms with E-state index in [0.29, 0.717) is 11.3 Å². The second-order valence-electron chi connectivity index (χ2n) is 4.55. The van der Waals surface area contributed by atoms with Crippen LogP contribution in [0.1, 0.15) is 27.0 Å². The largest absolute Gasteiger partial charge is 0.321 e. The van der Waals surface area contributed by atoms with Gasteiger partial charge in [-0.3, -0.25) is 4.79 Å². The molecule has 0 saturated heterocycles. The second kappa shape index (κ2) is 5.54. The Labute approximate surface area is 116 Å². The van der Waals surface area contributed by atoms with E-state index in [1.165, 1.54) is 12.1 Å². The summed E-state index contributed by atoms with van der Waals surface area (Å²) in [5.74, 6) is -1.14. The molecule has 0 spiro atoms. The van der Waals surface area contributed by atoms with E-state index in [4.69, 9.17) is 5.26 Å². The van der Waals surface area contributed by atoms with Crippen LogP contribution in [0.5, 0.6) is 0 Å². The molecule has 0 saturated carbocycles. The van der Waals surface area contributed by atoms with Crippen molar-refractivity contribution >= 4 is 11.6 Å². The van der Waals surface area contributed by atoms with Gasteiger partial charge in [0, 0.05) is 0 Å². The third-order valence-electron chi connectivity index (χ3n) is 3.00. The number of aryl methyl sites for hydroxylation is 2.